The first kappa shape index (κ1) is 26.6. The van der Waals surface area contributed by atoms with Crippen LogP contribution in [-0.2, 0) is 29.8 Å². The first-order valence-electron chi connectivity index (χ1n) is 9.19. The van der Waals surface area contributed by atoms with Gasteiger partial charge in [-0.15, -0.1) is 10.2 Å². The summed E-state index contributed by atoms with van der Waals surface area (Å²) in [7, 11) is -12.7. The van der Waals surface area contributed by atoms with Gasteiger partial charge in [0.15, 0.2) is 31.1 Å². The molecule has 0 saturated carbocycles. The van der Waals surface area contributed by atoms with Crippen molar-refractivity contribution in [3.05, 3.63) is 51.4 Å². The molecule has 0 fully saturated rings. The molecule has 0 atom stereocenters. The Hall–Kier alpha value is -3.05. The van der Waals surface area contributed by atoms with Crippen molar-refractivity contribution in [2.75, 3.05) is 12.5 Å². The highest BCUT2D eigenvalue weighted by atomic mass is 35.5. The highest BCUT2D eigenvalue weighted by Gasteiger charge is 2.23. The Kier molecular flexibility index (Phi) is 6.73. The number of H-pyrrole nitrogens is 1. The molecule has 0 spiro atoms. The van der Waals surface area contributed by atoms with Crippen LogP contribution in [0.25, 0.3) is 5.69 Å². The molecule has 0 unspecified atom stereocenters. The predicted molar refractivity (Wildman–Crippen MR) is 124 cm³/mol. The fourth-order valence-corrected chi connectivity index (χ4v) is 6.32. The predicted octanol–water partition coefficient (Wildman–Crippen LogP) is 2.30. The molecule has 3 N–H and O–H groups in total. The Morgan fingerprint density at radius 3 is 2.06 bits per heavy atom. The van der Waals surface area contributed by atoms with Gasteiger partial charge in [-0.25, -0.2) is 21.5 Å². The van der Waals surface area contributed by atoms with Crippen molar-refractivity contribution in [1.82, 2.24) is 9.78 Å². The quantitative estimate of drug-likeness (QED) is 0.296. The van der Waals surface area contributed by atoms with Crippen LogP contribution in [0, 0.1) is 6.92 Å². The second kappa shape index (κ2) is 8.87. The van der Waals surface area contributed by atoms with Gasteiger partial charge in [0.2, 0.25) is 0 Å². The molecule has 0 aliphatic rings. The molecule has 3 aromatic rings. The van der Waals surface area contributed by atoms with Crippen molar-refractivity contribution in [2.24, 2.45) is 10.2 Å². The van der Waals surface area contributed by atoms with E-state index >= 15 is 0 Å². The maximum Gasteiger partial charge on any atom is 0.299 e. The van der Waals surface area contributed by atoms with E-state index in [0.29, 0.717) is 0 Å². The second-order valence-electron chi connectivity index (χ2n) is 7.35. The summed E-state index contributed by atoms with van der Waals surface area (Å²) >= 11 is 5.80. The van der Waals surface area contributed by atoms with E-state index in [1.54, 1.807) is 0 Å². The van der Waals surface area contributed by atoms with Crippen LogP contribution in [0.4, 0.5) is 11.4 Å². The van der Waals surface area contributed by atoms with Gasteiger partial charge >= 0.3 is 0 Å². The lowest BCUT2D eigenvalue weighted by Gasteiger charge is -2.09. The first-order valence-corrected chi connectivity index (χ1v) is 14.8. The molecule has 0 aliphatic heterocycles. The average molecular weight is 565 g/mol. The van der Waals surface area contributed by atoms with E-state index in [2.05, 4.69) is 15.3 Å². The number of hydrogen-bond donors (Lipinski definition) is 3. The molecule has 0 radical (unpaired) electrons. The fraction of sp³-hybridized carbons (Fsp3) is 0.167. The largest absolute Gasteiger partial charge is 0.504 e. The van der Waals surface area contributed by atoms with Gasteiger partial charge < -0.3 is 5.11 Å². The van der Waals surface area contributed by atoms with Gasteiger partial charge in [-0.3, -0.25) is 14.4 Å². The minimum absolute atomic E-state index is 0.0216. The van der Waals surface area contributed by atoms with Crippen LogP contribution >= 0.6 is 11.6 Å². The number of rotatable bonds is 6. The van der Waals surface area contributed by atoms with Crippen molar-refractivity contribution in [3.63, 3.8) is 0 Å². The summed E-state index contributed by atoms with van der Waals surface area (Å²) < 4.78 is 81.2. The number of azo groups is 1. The third kappa shape index (κ3) is 5.46. The minimum Gasteiger partial charge on any atom is -0.504 e. The van der Waals surface area contributed by atoms with Crippen LogP contribution in [0.3, 0.4) is 0 Å². The molecule has 188 valence electrons. The number of sulfone groups is 2. The molecule has 0 amide bonds. The van der Waals surface area contributed by atoms with E-state index in [0.717, 1.165) is 41.5 Å². The van der Waals surface area contributed by atoms with E-state index in [1.807, 2.05) is 0 Å². The Morgan fingerprint density at radius 2 is 1.51 bits per heavy atom. The summed E-state index contributed by atoms with van der Waals surface area (Å²) in [5.41, 5.74) is -1.47. The van der Waals surface area contributed by atoms with Crippen LogP contribution < -0.4 is 5.56 Å². The number of aromatic nitrogens is 2. The zero-order valence-electron chi connectivity index (χ0n) is 18.1. The lowest BCUT2D eigenvalue weighted by atomic mass is 10.3. The van der Waals surface area contributed by atoms with Gasteiger partial charge in [-0.05, 0) is 37.3 Å². The Balaban J connectivity index is 2.15. The molecular weight excluding hydrogens is 548 g/mol. The SMILES string of the molecule is Cc1[nH]n(-c2ccc(S(C)(=O)=O)c(S(C)(=O)=O)c2)c(=O)c1N=Nc1cc(Cl)cc(S(=O)(=O)O)c1O. The number of benzene rings is 2. The van der Waals surface area contributed by atoms with E-state index < -0.39 is 61.5 Å². The highest BCUT2D eigenvalue weighted by molar-refractivity contribution is 7.93. The third-order valence-electron chi connectivity index (χ3n) is 4.58. The zero-order chi connectivity index (χ0) is 26.5. The standard InChI is InChI=1S/C18H17ClN4O9S3/c1-9-16(21-20-12-6-10(19)7-15(17(12)24)35(30,31)32)18(25)23(22-9)11-4-5-13(33(2,26)27)14(8-11)34(3,28)29/h4-8,22,24H,1-3H3,(H,30,31,32). The lowest BCUT2D eigenvalue weighted by molar-refractivity contribution is 0.444. The summed E-state index contributed by atoms with van der Waals surface area (Å²) in [6.45, 7) is 1.43. The monoisotopic (exact) mass is 564 g/mol. The third-order valence-corrected chi connectivity index (χ3v) is 8.09. The Labute approximate surface area is 204 Å². The Morgan fingerprint density at radius 1 is 0.914 bits per heavy atom. The molecule has 13 nitrogen and oxygen atoms in total. The zero-order valence-corrected chi connectivity index (χ0v) is 21.3. The van der Waals surface area contributed by atoms with Crippen molar-refractivity contribution in [1.29, 1.82) is 0 Å². The van der Waals surface area contributed by atoms with Gasteiger partial charge in [0.05, 0.1) is 21.2 Å². The van der Waals surface area contributed by atoms with Crippen LogP contribution in [0.15, 0.2) is 60.0 Å². The number of nitrogens with one attached hydrogen (secondary N) is 1. The number of phenols is 1. The number of aryl methyl sites for hydroxylation is 1. The Bertz CT molecular complexity index is 1770. The van der Waals surface area contributed by atoms with Crippen molar-refractivity contribution in [3.8, 4) is 11.4 Å². The topological polar surface area (TPSA) is 205 Å². The van der Waals surface area contributed by atoms with E-state index in [9.17, 15) is 39.7 Å². The first-order chi connectivity index (χ1) is 15.9. The fourth-order valence-electron chi connectivity index (χ4n) is 3.01. The number of halogens is 1. The summed E-state index contributed by atoms with van der Waals surface area (Å²) in [5, 5.41) is 19.9. The molecule has 17 heteroatoms. The summed E-state index contributed by atoms with van der Waals surface area (Å²) in [5.74, 6) is -0.955. The number of nitrogens with zero attached hydrogens (tertiary/aromatic N) is 3. The van der Waals surface area contributed by atoms with Crippen LogP contribution in [-0.4, -0.2) is 57.2 Å². The summed E-state index contributed by atoms with van der Waals surface area (Å²) in [6.07, 6.45) is 1.67. The average Bonchev–Trinajstić information content (AvgIpc) is 2.99. The van der Waals surface area contributed by atoms with Gasteiger partial charge in [-0.2, -0.15) is 8.42 Å². The smallest absolute Gasteiger partial charge is 0.299 e. The number of hydrogen-bond acceptors (Lipinski definition) is 10. The molecule has 0 aliphatic carbocycles. The maximum absolute atomic E-state index is 12.9. The minimum atomic E-state index is -4.84. The summed E-state index contributed by atoms with van der Waals surface area (Å²) in [6, 6.07) is 5.10. The normalized spacial score (nSPS) is 12.9. The van der Waals surface area contributed by atoms with E-state index in [4.69, 9.17) is 11.6 Å². The van der Waals surface area contributed by atoms with Crippen molar-refractivity contribution < 1.29 is 34.9 Å². The van der Waals surface area contributed by atoms with Gasteiger partial charge in [0, 0.05) is 17.5 Å². The van der Waals surface area contributed by atoms with Crippen LogP contribution in [0.5, 0.6) is 5.75 Å². The molecule has 35 heavy (non-hydrogen) atoms. The molecule has 0 bridgehead atoms. The molecule has 1 aromatic heterocycles. The molecular formula is C18H17ClN4O9S3. The van der Waals surface area contributed by atoms with Crippen LogP contribution in [0.1, 0.15) is 5.69 Å². The molecule has 0 saturated heterocycles. The molecule has 2 aromatic carbocycles. The molecule has 3 rings (SSSR count). The van der Waals surface area contributed by atoms with Gasteiger partial charge in [0.1, 0.15) is 10.6 Å². The van der Waals surface area contributed by atoms with E-state index in [1.165, 1.54) is 13.0 Å². The van der Waals surface area contributed by atoms with Gasteiger partial charge in [-0.1, -0.05) is 11.6 Å². The second-order valence-corrected chi connectivity index (χ2v) is 13.1. The highest BCUT2D eigenvalue weighted by Crippen LogP contribution is 2.37. The summed E-state index contributed by atoms with van der Waals surface area (Å²) in [4.78, 5) is 11.1. The van der Waals surface area contributed by atoms with E-state index in [-0.39, 0.29) is 22.1 Å². The number of aromatic hydroxyl groups is 1. The van der Waals surface area contributed by atoms with Gasteiger partial charge in [0.25, 0.3) is 15.7 Å². The van der Waals surface area contributed by atoms with Crippen LogP contribution in [0.2, 0.25) is 5.02 Å². The number of phenolic OH excluding ortho intramolecular Hbond substituents is 1. The van der Waals surface area contributed by atoms with Crippen molar-refractivity contribution >= 4 is 52.8 Å². The number of aromatic amines is 1. The lowest BCUT2D eigenvalue weighted by Crippen LogP contribution is -2.16. The molecule has 1 heterocycles. The maximum atomic E-state index is 12.9. The van der Waals surface area contributed by atoms with Crippen molar-refractivity contribution in [2.45, 2.75) is 21.6 Å².